The molecule has 2 aromatic heterocycles. The Hall–Kier alpha value is -1.65. The summed E-state index contributed by atoms with van der Waals surface area (Å²) in [5.74, 6) is 0.567. The normalized spacial score (nSPS) is 10.9. The SMILES string of the molecule is O=c1[nH]c(-c2ccc(Cl)cc2)nc2ccsc12. The number of fused-ring (bicyclic) bond motifs is 1. The minimum atomic E-state index is -0.102. The van der Waals surface area contributed by atoms with Crippen LogP contribution in [0, 0.1) is 0 Å². The smallest absolute Gasteiger partial charge is 0.269 e. The van der Waals surface area contributed by atoms with Crippen LogP contribution < -0.4 is 5.56 Å². The standard InChI is InChI=1S/C12H7ClN2OS/c13-8-3-1-7(2-4-8)11-14-9-5-6-17-10(9)12(16)15-11/h1-6H,(H,14,15,16). The van der Waals surface area contributed by atoms with E-state index in [4.69, 9.17) is 11.6 Å². The Morgan fingerprint density at radius 1 is 1.18 bits per heavy atom. The fraction of sp³-hybridized carbons (Fsp3) is 0. The summed E-state index contributed by atoms with van der Waals surface area (Å²) in [5.41, 5.74) is 1.47. The van der Waals surface area contributed by atoms with Crippen molar-refractivity contribution in [3.05, 3.63) is 51.1 Å². The highest BCUT2D eigenvalue weighted by molar-refractivity contribution is 7.17. The topological polar surface area (TPSA) is 45.8 Å². The Bertz CT molecular complexity index is 730. The zero-order valence-corrected chi connectivity index (χ0v) is 10.2. The first-order valence-electron chi connectivity index (χ1n) is 4.97. The van der Waals surface area contributed by atoms with Crippen molar-refractivity contribution in [2.45, 2.75) is 0 Å². The predicted octanol–water partition coefficient (Wildman–Crippen LogP) is 3.31. The maximum atomic E-state index is 11.8. The molecule has 0 fully saturated rings. The van der Waals surface area contributed by atoms with Crippen LogP contribution in [0.15, 0.2) is 40.5 Å². The van der Waals surface area contributed by atoms with Gasteiger partial charge in [-0.2, -0.15) is 0 Å². The van der Waals surface area contributed by atoms with Gasteiger partial charge in [0.25, 0.3) is 5.56 Å². The molecular formula is C12H7ClN2OS. The zero-order valence-electron chi connectivity index (χ0n) is 8.61. The molecule has 0 amide bonds. The predicted molar refractivity (Wildman–Crippen MR) is 70.7 cm³/mol. The minimum Gasteiger partial charge on any atom is -0.305 e. The quantitative estimate of drug-likeness (QED) is 0.731. The second kappa shape index (κ2) is 3.98. The molecule has 0 saturated heterocycles. The van der Waals surface area contributed by atoms with Gasteiger partial charge < -0.3 is 4.98 Å². The van der Waals surface area contributed by atoms with Gasteiger partial charge in [-0.1, -0.05) is 11.6 Å². The molecule has 0 aliphatic rings. The molecule has 0 saturated carbocycles. The van der Waals surface area contributed by atoms with E-state index in [0.29, 0.717) is 15.5 Å². The fourth-order valence-electron chi connectivity index (χ4n) is 1.62. The summed E-state index contributed by atoms with van der Waals surface area (Å²) in [7, 11) is 0. The van der Waals surface area contributed by atoms with Gasteiger partial charge in [0.1, 0.15) is 10.5 Å². The Morgan fingerprint density at radius 3 is 2.71 bits per heavy atom. The molecular weight excluding hydrogens is 256 g/mol. The molecule has 3 nitrogen and oxygen atoms in total. The van der Waals surface area contributed by atoms with E-state index in [-0.39, 0.29) is 5.56 Å². The number of nitrogens with one attached hydrogen (secondary N) is 1. The van der Waals surface area contributed by atoms with Crippen molar-refractivity contribution in [1.29, 1.82) is 0 Å². The van der Waals surface area contributed by atoms with Gasteiger partial charge >= 0.3 is 0 Å². The Kier molecular flexibility index (Phi) is 2.46. The number of aromatic amines is 1. The number of benzene rings is 1. The van der Waals surface area contributed by atoms with Gasteiger partial charge in [0.15, 0.2) is 0 Å². The third kappa shape index (κ3) is 1.85. The Labute approximate surface area is 106 Å². The number of rotatable bonds is 1. The monoisotopic (exact) mass is 262 g/mol. The first-order valence-corrected chi connectivity index (χ1v) is 6.23. The molecule has 1 N–H and O–H groups in total. The summed E-state index contributed by atoms with van der Waals surface area (Å²) < 4.78 is 0.655. The summed E-state index contributed by atoms with van der Waals surface area (Å²) in [6.45, 7) is 0. The van der Waals surface area contributed by atoms with Crippen LogP contribution in [0.1, 0.15) is 0 Å². The van der Waals surface area contributed by atoms with Crippen LogP contribution in [0.25, 0.3) is 21.6 Å². The van der Waals surface area contributed by atoms with Gasteiger partial charge in [0.05, 0.1) is 5.52 Å². The number of halogens is 1. The highest BCUT2D eigenvalue weighted by Gasteiger charge is 2.06. The summed E-state index contributed by atoms with van der Waals surface area (Å²) >= 11 is 7.21. The van der Waals surface area contributed by atoms with E-state index >= 15 is 0 Å². The van der Waals surface area contributed by atoms with Crippen LogP contribution in [0.5, 0.6) is 0 Å². The molecule has 0 aliphatic carbocycles. The molecule has 3 rings (SSSR count). The van der Waals surface area contributed by atoms with Crippen LogP contribution >= 0.6 is 22.9 Å². The Morgan fingerprint density at radius 2 is 1.94 bits per heavy atom. The number of hydrogen-bond acceptors (Lipinski definition) is 3. The van der Waals surface area contributed by atoms with Crippen molar-refractivity contribution in [3.8, 4) is 11.4 Å². The molecule has 0 radical (unpaired) electrons. The van der Waals surface area contributed by atoms with Crippen molar-refractivity contribution in [1.82, 2.24) is 9.97 Å². The second-order valence-corrected chi connectivity index (χ2v) is 4.91. The number of H-pyrrole nitrogens is 1. The first-order chi connectivity index (χ1) is 8.24. The van der Waals surface area contributed by atoms with Gasteiger partial charge in [-0.3, -0.25) is 4.79 Å². The molecule has 84 valence electrons. The van der Waals surface area contributed by atoms with E-state index in [9.17, 15) is 4.79 Å². The van der Waals surface area contributed by atoms with E-state index < -0.39 is 0 Å². The highest BCUT2D eigenvalue weighted by Crippen LogP contribution is 2.20. The molecule has 0 spiro atoms. The number of aromatic nitrogens is 2. The lowest BCUT2D eigenvalue weighted by Crippen LogP contribution is -2.07. The van der Waals surface area contributed by atoms with Crippen LogP contribution in [0.4, 0.5) is 0 Å². The average molecular weight is 263 g/mol. The van der Waals surface area contributed by atoms with Gasteiger partial charge in [-0.25, -0.2) is 4.98 Å². The van der Waals surface area contributed by atoms with E-state index in [0.717, 1.165) is 11.1 Å². The fourth-order valence-corrected chi connectivity index (χ4v) is 2.47. The number of hydrogen-bond donors (Lipinski definition) is 1. The van der Waals surface area contributed by atoms with E-state index in [1.54, 1.807) is 12.1 Å². The number of nitrogens with zero attached hydrogens (tertiary/aromatic N) is 1. The average Bonchev–Trinajstić information content (AvgIpc) is 2.78. The molecule has 0 aliphatic heterocycles. The summed E-state index contributed by atoms with van der Waals surface area (Å²) in [4.78, 5) is 19.0. The summed E-state index contributed by atoms with van der Waals surface area (Å²) in [6, 6.07) is 9.05. The lowest BCUT2D eigenvalue weighted by molar-refractivity contribution is 1.19. The van der Waals surface area contributed by atoms with E-state index in [2.05, 4.69) is 9.97 Å². The van der Waals surface area contributed by atoms with Crippen LogP contribution in [-0.2, 0) is 0 Å². The van der Waals surface area contributed by atoms with Crippen LogP contribution in [-0.4, -0.2) is 9.97 Å². The maximum absolute atomic E-state index is 11.8. The second-order valence-electron chi connectivity index (χ2n) is 3.56. The molecule has 3 aromatic rings. The zero-order chi connectivity index (χ0) is 11.8. The van der Waals surface area contributed by atoms with E-state index in [1.165, 1.54) is 11.3 Å². The highest BCUT2D eigenvalue weighted by atomic mass is 35.5. The lowest BCUT2D eigenvalue weighted by Gasteiger charge is -2.00. The molecule has 1 aromatic carbocycles. The van der Waals surface area contributed by atoms with Gasteiger partial charge in [-0.05, 0) is 35.7 Å². The lowest BCUT2D eigenvalue weighted by atomic mass is 10.2. The van der Waals surface area contributed by atoms with Crippen molar-refractivity contribution >= 4 is 33.2 Å². The molecule has 17 heavy (non-hydrogen) atoms. The van der Waals surface area contributed by atoms with Crippen molar-refractivity contribution in [2.24, 2.45) is 0 Å². The first kappa shape index (κ1) is 10.5. The maximum Gasteiger partial charge on any atom is 0.269 e. The molecule has 0 atom stereocenters. The summed E-state index contributed by atoms with van der Waals surface area (Å²) in [6.07, 6.45) is 0. The molecule has 0 bridgehead atoms. The Balaban J connectivity index is 2.23. The number of thiophene rings is 1. The van der Waals surface area contributed by atoms with Crippen LogP contribution in [0.3, 0.4) is 0 Å². The van der Waals surface area contributed by atoms with Crippen molar-refractivity contribution in [2.75, 3.05) is 0 Å². The van der Waals surface area contributed by atoms with E-state index in [1.807, 2.05) is 23.6 Å². The molecule has 0 unspecified atom stereocenters. The third-order valence-corrected chi connectivity index (χ3v) is 3.59. The minimum absolute atomic E-state index is 0.102. The van der Waals surface area contributed by atoms with Gasteiger partial charge in [0, 0.05) is 10.6 Å². The van der Waals surface area contributed by atoms with Crippen molar-refractivity contribution in [3.63, 3.8) is 0 Å². The third-order valence-electron chi connectivity index (χ3n) is 2.43. The largest absolute Gasteiger partial charge is 0.305 e. The van der Waals surface area contributed by atoms with Crippen molar-refractivity contribution < 1.29 is 0 Å². The van der Waals surface area contributed by atoms with Crippen LogP contribution in [0.2, 0.25) is 5.02 Å². The van der Waals surface area contributed by atoms with Gasteiger partial charge in [-0.15, -0.1) is 11.3 Å². The molecule has 5 heteroatoms. The van der Waals surface area contributed by atoms with Gasteiger partial charge in [0.2, 0.25) is 0 Å². The summed E-state index contributed by atoms with van der Waals surface area (Å²) in [5, 5.41) is 2.52. The molecule has 2 heterocycles.